The number of piperidine rings is 1. The fraction of sp³-hybridized carbons (Fsp3) is 0.929. The van der Waals surface area contributed by atoms with Crippen LogP contribution in [0.3, 0.4) is 0 Å². The van der Waals surface area contributed by atoms with Gasteiger partial charge >= 0.3 is 0 Å². The summed E-state index contributed by atoms with van der Waals surface area (Å²) in [6.45, 7) is 7.69. The fourth-order valence-corrected chi connectivity index (χ4v) is 2.59. The Morgan fingerprint density at radius 1 is 1.35 bits per heavy atom. The first kappa shape index (κ1) is 16.7. The molecule has 6 heteroatoms. The monoisotopic (exact) mass is 286 g/mol. The number of amides is 1. The molecule has 0 aromatic rings. The molecule has 0 N–H and O–H groups in total. The molecule has 1 fully saturated rings. The maximum Gasteiger partial charge on any atom is 0.295 e. The normalized spacial score (nSPS) is 17.1. The lowest BCUT2D eigenvalue weighted by Crippen LogP contribution is -2.40. The molecule has 0 bridgehead atoms. The SMILES string of the molecule is CC(C)(C)CCCC1CCN(C(=O)CO[N+](=O)[O-])CC1. The summed E-state index contributed by atoms with van der Waals surface area (Å²) in [4.78, 5) is 27.5. The summed E-state index contributed by atoms with van der Waals surface area (Å²) >= 11 is 0. The van der Waals surface area contributed by atoms with E-state index in [4.69, 9.17) is 0 Å². The molecule has 0 spiro atoms. The quantitative estimate of drug-likeness (QED) is 0.556. The first-order valence-corrected chi connectivity index (χ1v) is 7.33. The van der Waals surface area contributed by atoms with Crippen LogP contribution < -0.4 is 0 Å². The van der Waals surface area contributed by atoms with Crippen LogP contribution in [0.1, 0.15) is 52.9 Å². The first-order chi connectivity index (χ1) is 9.28. The molecule has 0 aromatic heterocycles. The molecule has 0 radical (unpaired) electrons. The number of nitrogens with zero attached hydrogens (tertiary/aromatic N) is 2. The van der Waals surface area contributed by atoms with Crippen LogP contribution in [0.25, 0.3) is 0 Å². The summed E-state index contributed by atoms with van der Waals surface area (Å²) in [6.07, 6.45) is 5.66. The lowest BCUT2D eigenvalue weighted by atomic mass is 9.85. The Morgan fingerprint density at radius 3 is 2.45 bits per heavy atom. The van der Waals surface area contributed by atoms with Crippen molar-refractivity contribution in [1.82, 2.24) is 4.90 Å². The summed E-state index contributed by atoms with van der Waals surface area (Å²) in [6, 6.07) is 0. The molecule has 20 heavy (non-hydrogen) atoms. The van der Waals surface area contributed by atoms with Gasteiger partial charge in [-0.25, -0.2) is 0 Å². The maximum atomic E-state index is 11.7. The minimum absolute atomic E-state index is 0.283. The van der Waals surface area contributed by atoms with E-state index in [2.05, 4.69) is 25.6 Å². The molecule has 6 nitrogen and oxygen atoms in total. The molecular weight excluding hydrogens is 260 g/mol. The van der Waals surface area contributed by atoms with E-state index in [-0.39, 0.29) is 5.91 Å². The van der Waals surface area contributed by atoms with E-state index in [0.717, 1.165) is 12.8 Å². The van der Waals surface area contributed by atoms with Crippen molar-refractivity contribution in [3.8, 4) is 0 Å². The van der Waals surface area contributed by atoms with Crippen LogP contribution in [0.2, 0.25) is 0 Å². The van der Waals surface area contributed by atoms with Gasteiger partial charge in [-0.3, -0.25) is 4.79 Å². The molecular formula is C14H26N2O4. The Kier molecular flexibility index (Phi) is 6.23. The van der Waals surface area contributed by atoms with Crippen LogP contribution in [-0.2, 0) is 9.63 Å². The second-order valence-electron chi connectivity index (χ2n) is 6.77. The van der Waals surface area contributed by atoms with Crippen LogP contribution in [0.5, 0.6) is 0 Å². The van der Waals surface area contributed by atoms with Gasteiger partial charge in [-0.1, -0.05) is 33.6 Å². The Morgan fingerprint density at radius 2 is 1.95 bits per heavy atom. The lowest BCUT2D eigenvalue weighted by Gasteiger charge is -2.32. The van der Waals surface area contributed by atoms with Crippen molar-refractivity contribution in [3.63, 3.8) is 0 Å². The highest BCUT2D eigenvalue weighted by atomic mass is 16.9. The number of likely N-dealkylation sites (tertiary alicyclic amines) is 1. The molecule has 1 amide bonds. The van der Waals surface area contributed by atoms with E-state index < -0.39 is 11.7 Å². The van der Waals surface area contributed by atoms with Gasteiger partial charge in [-0.2, -0.15) is 0 Å². The Hall–Kier alpha value is -1.33. The average Bonchev–Trinajstić information content (AvgIpc) is 2.35. The number of carbonyl (C=O) groups is 1. The van der Waals surface area contributed by atoms with Gasteiger partial charge in [0.05, 0.1) is 0 Å². The van der Waals surface area contributed by atoms with Crippen LogP contribution in [0.15, 0.2) is 0 Å². The largest absolute Gasteiger partial charge is 0.341 e. The van der Waals surface area contributed by atoms with Crippen LogP contribution in [0, 0.1) is 21.4 Å². The smallest absolute Gasteiger partial charge is 0.295 e. The van der Waals surface area contributed by atoms with E-state index in [1.54, 1.807) is 4.90 Å². The van der Waals surface area contributed by atoms with Gasteiger partial charge < -0.3 is 9.74 Å². The third kappa shape index (κ3) is 6.73. The van der Waals surface area contributed by atoms with Crippen molar-refractivity contribution in [3.05, 3.63) is 10.1 Å². The van der Waals surface area contributed by atoms with E-state index in [0.29, 0.717) is 24.4 Å². The minimum Gasteiger partial charge on any atom is -0.341 e. The second kappa shape index (κ2) is 7.45. The van der Waals surface area contributed by atoms with E-state index in [9.17, 15) is 14.9 Å². The summed E-state index contributed by atoms with van der Waals surface area (Å²) in [5.74, 6) is 0.396. The van der Waals surface area contributed by atoms with Crippen LogP contribution >= 0.6 is 0 Å². The predicted octanol–water partition coefficient (Wildman–Crippen LogP) is 2.65. The van der Waals surface area contributed by atoms with Crippen molar-refractivity contribution in [2.45, 2.75) is 52.9 Å². The minimum atomic E-state index is -0.919. The van der Waals surface area contributed by atoms with Gasteiger partial charge in [-0.05, 0) is 30.6 Å². The number of carbonyl (C=O) groups excluding carboxylic acids is 1. The third-order valence-corrected chi connectivity index (χ3v) is 3.80. The zero-order valence-electron chi connectivity index (χ0n) is 12.8. The van der Waals surface area contributed by atoms with Gasteiger partial charge in [-0.15, -0.1) is 10.1 Å². The van der Waals surface area contributed by atoms with Crippen molar-refractivity contribution in [1.29, 1.82) is 0 Å². The van der Waals surface area contributed by atoms with Crippen molar-refractivity contribution in [2.75, 3.05) is 19.7 Å². The van der Waals surface area contributed by atoms with E-state index in [1.807, 2.05) is 0 Å². The number of rotatable bonds is 6. The molecule has 1 aliphatic rings. The van der Waals surface area contributed by atoms with Gasteiger partial charge in [0.15, 0.2) is 6.61 Å². The van der Waals surface area contributed by atoms with Gasteiger partial charge in [0, 0.05) is 13.1 Å². The highest BCUT2D eigenvalue weighted by Gasteiger charge is 2.23. The standard InChI is InChI=1S/C14H26N2O4/c1-14(2,3)8-4-5-12-6-9-15(10-7-12)13(17)11-20-16(18)19/h12H,4-11H2,1-3H3. The number of hydrogen-bond acceptors (Lipinski definition) is 4. The summed E-state index contributed by atoms with van der Waals surface area (Å²) in [5.41, 5.74) is 0.385. The van der Waals surface area contributed by atoms with Crippen molar-refractivity contribution in [2.24, 2.45) is 11.3 Å². The Balaban J connectivity index is 2.19. The Bertz CT molecular complexity index is 331. The average molecular weight is 286 g/mol. The summed E-state index contributed by atoms with van der Waals surface area (Å²) < 4.78 is 0. The van der Waals surface area contributed by atoms with Crippen LogP contribution in [-0.4, -0.2) is 35.6 Å². The second-order valence-corrected chi connectivity index (χ2v) is 6.77. The molecule has 1 saturated heterocycles. The molecule has 1 heterocycles. The topological polar surface area (TPSA) is 72.7 Å². The van der Waals surface area contributed by atoms with Gasteiger partial charge in [0.25, 0.3) is 5.09 Å². The molecule has 1 aliphatic heterocycles. The van der Waals surface area contributed by atoms with Gasteiger partial charge in [0.2, 0.25) is 5.91 Å². The molecule has 0 aromatic carbocycles. The van der Waals surface area contributed by atoms with Gasteiger partial charge in [0.1, 0.15) is 0 Å². The fourth-order valence-electron chi connectivity index (χ4n) is 2.59. The highest BCUT2D eigenvalue weighted by Crippen LogP contribution is 2.27. The number of hydrogen-bond donors (Lipinski definition) is 0. The maximum absolute atomic E-state index is 11.7. The molecule has 1 rings (SSSR count). The summed E-state index contributed by atoms with van der Waals surface area (Å²) in [7, 11) is 0. The van der Waals surface area contributed by atoms with Crippen molar-refractivity contribution < 1.29 is 14.7 Å². The summed E-state index contributed by atoms with van der Waals surface area (Å²) in [5, 5.41) is 9.13. The molecule has 0 saturated carbocycles. The lowest BCUT2D eigenvalue weighted by molar-refractivity contribution is -0.754. The Labute approximate surface area is 120 Å². The molecule has 116 valence electrons. The first-order valence-electron chi connectivity index (χ1n) is 7.33. The highest BCUT2D eigenvalue weighted by molar-refractivity contribution is 5.77. The van der Waals surface area contributed by atoms with E-state index >= 15 is 0 Å². The van der Waals surface area contributed by atoms with E-state index in [1.165, 1.54) is 19.3 Å². The molecule has 0 aliphatic carbocycles. The van der Waals surface area contributed by atoms with Crippen molar-refractivity contribution >= 4 is 5.91 Å². The molecule has 0 atom stereocenters. The zero-order valence-corrected chi connectivity index (χ0v) is 12.8. The zero-order chi connectivity index (χ0) is 15.2. The predicted molar refractivity (Wildman–Crippen MR) is 75.6 cm³/mol. The third-order valence-electron chi connectivity index (χ3n) is 3.80. The molecule has 0 unspecified atom stereocenters. The van der Waals surface area contributed by atoms with Crippen LogP contribution in [0.4, 0.5) is 0 Å².